The minimum Gasteiger partial charge on any atom is -0.393 e. The van der Waals surface area contributed by atoms with Crippen molar-refractivity contribution in [3.63, 3.8) is 0 Å². The van der Waals surface area contributed by atoms with Gasteiger partial charge in [0.1, 0.15) is 5.82 Å². The Balaban J connectivity index is 2.05. The van der Waals surface area contributed by atoms with Gasteiger partial charge in [0.05, 0.1) is 6.10 Å². The number of aromatic nitrogens is 1. The van der Waals surface area contributed by atoms with Crippen LogP contribution in [0.4, 0.5) is 5.82 Å². The second kappa shape index (κ2) is 4.44. The summed E-state index contributed by atoms with van der Waals surface area (Å²) in [5.74, 6) is 1.03. The molecule has 2 heterocycles. The quantitative estimate of drug-likeness (QED) is 0.802. The predicted molar refractivity (Wildman–Crippen MR) is 64.4 cm³/mol. The molecule has 1 aromatic heterocycles. The van der Waals surface area contributed by atoms with E-state index in [0.29, 0.717) is 0 Å². The molecule has 0 saturated carbocycles. The third-order valence-electron chi connectivity index (χ3n) is 2.50. The maximum atomic E-state index is 9.37. The van der Waals surface area contributed by atoms with Crippen LogP contribution >= 0.6 is 22.6 Å². The molecule has 4 heteroatoms. The van der Waals surface area contributed by atoms with Crippen molar-refractivity contribution in [1.29, 1.82) is 0 Å². The highest BCUT2D eigenvalue weighted by atomic mass is 127. The number of pyridine rings is 1. The van der Waals surface area contributed by atoms with E-state index in [4.69, 9.17) is 0 Å². The average Bonchev–Trinajstić information content (AvgIpc) is 2.21. The summed E-state index contributed by atoms with van der Waals surface area (Å²) < 4.78 is 1.16. The molecule has 0 bridgehead atoms. The molecule has 0 atom stereocenters. The zero-order valence-corrected chi connectivity index (χ0v) is 10.0. The molecule has 1 aliphatic heterocycles. The van der Waals surface area contributed by atoms with Gasteiger partial charge in [-0.15, -0.1) is 0 Å². The topological polar surface area (TPSA) is 36.4 Å². The molecule has 0 aromatic carbocycles. The highest BCUT2D eigenvalue weighted by molar-refractivity contribution is 14.1. The normalized spacial score (nSPS) is 18.6. The first-order valence-corrected chi connectivity index (χ1v) is 5.88. The van der Waals surface area contributed by atoms with E-state index < -0.39 is 0 Å². The fourth-order valence-corrected chi connectivity index (χ4v) is 1.97. The smallest absolute Gasteiger partial charge is 0.128 e. The molecular formula is C10H13IN2O. The van der Waals surface area contributed by atoms with E-state index in [9.17, 15) is 5.11 Å². The molecule has 1 aliphatic rings. The van der Waals surface area contributed by atoms with Crippen molar-refractivity contribution >= 4 is 28.4 Å². The number of rotatable bonds is 1. The number of hydrogen-bond acceptors (Lipinski definition) is 3. The number of anilines is 1. The average molecular weight is 304 g/mol. The van der Waals surface area contributed by atoms with Crippen LogP contribution in [0.3, 0.4) is 0 Å². The standard InChI is InChI=1S/C10H13IN2O/c11-8-1-2-10(12-7-8)13-5-3-9(14)4-6-13/h1-2,7,9,14H,3-6H2. The Morgan fingerprint density at radius 1 is 1.36 bits per heavy atom. The SMILES string of the molecule is OC1CCN(c2ccc(I)cn2)CC1. The molecule has 0 unspecified atom stereocenters. The first-order valence-electron chi connectivity index (χ1n) is 4.80. The lowest BCUT2D eigenvalue weighted by molar-refractivity contribution is 0.145. The lowest BCUT2D eigenvalue weighted by atomic mass is 10.1. The third-order valence-corrected chi connectivity index (χ3v) is 3.14. The third kappa shape index (κ3) is 2.36. The zero-order chi connectivity index (χ0) is 9.97. The fourth-order valence-electron chi connectivity index (χ4n) is 1.65. The van der Waals surface area contributed by atoms with Crippen LogP contribution in [0, 0.1) is 3.57 Å². The van der Waals surface area contributed by atoms with Gasteiger partial charge in [0.2, 0.25) is 0 Å². The maximum Gasteiger partial charge on any atom is 0.128 e. The zero-order valence-electron chi connectivity index (χ0n) is 7.86. The predicted octanol–water partition coefficient (Wildman–Crippen LogP) is 1.65. The monoisotopic (exact) mass is 304 g/mol. The Morgan fingerprint density at radius 3 is 2.64 bits per heavy atom. The summed E-state index contributed by atoms with van der Waals surface area (Å²) in [5.41, 5.74) is 0. The second-order valence-electron chi connectivity index (χ2n) is 3.55. The van der Waals surface area contributed by atoms with Crippen molar-refractivity contribution in [3.05, 3.63) is 21.9 Å². The summed E-state index contributed by atoms with van der Waals surface area (Å²) in [4.78, 5) is 6.59. The highest BCUT2D eigenvalue weighted by Crippen LogP contribution is 2.18. The van der Waals surface area contributed by atoms with Crippen LogP contribution in [-0.4, -0.2) is 29.3 Å². The van der Waals surface area contributed by atoms with Crippen molar-refractivity contribution in [2.75, 3.05) is 18.0 Å². The van der Waals surface area contributed by atoms with Crippen molar-refractivity contribution < 1.29 is 5.11 Å². The number of hydrogen-bond donors (Lipinski definition) is 1. The molecule has 0 radical (unpaired) electrons. The van der Waals surface area contributed by atoms with Gasteiger partial charge in [0.25, 0.3) is 0 Å². The number of nitrogens with zero attached hydrogens (tertiary/aromatic N) is 2. The first kappa shape index (κ1) is 10.2. The van der Waals surface area contributed by atoms with E-state index in [1.807, 2.05) is 12.3 Å². The van der Waals surface area contributed by atoms with Gasteiger partial charge in [-0.25, -0.2) is 4.98 Å². The fraction of sp³-hybridized carbons (Fsp3) is 0.500. The van der Waals surface area contributed by atoms with E-state index in [0.717, 1.165) is 35.3 Å². The number of piperidine rings is 1. The number of halogens is 1. The van der Waals surface area contributed by atoms with Gasteiger partial charge in [-0.1, -0.05) is 0 Å². The van der Waals surface area contributed by atoms with E-state index in [-0.39, 0.29) is 6.10 Å². The van der Waals surface area contributed by atoms with Crippen LogP contribution in [-0.2, 0) is 0 Å². The van der Waals surface area contributed by atoms with Crippen LogP contribution in [0.1, 0.15) is 12.8 Å². The van der Waals surface area contributed by atoms with Gasteiger partial charge < -0.3 is 10.0 Å². The molecule has 1 N–H and O–H groups in total. The van der Waals surface area contributed by atoms with E-state index in [1.165, 1.54) is 0 Å². The van der Waals surface area contributed by atoms with Crippen molar-refractivity contribution in [2.24, 2.45) is 0 Å². The molecule has 1 saturated heterocycles. The summed E-state index contributed by atoms with van der Waals surface area (Å²) >= 11 is 2.25. The summed E-state index contributed by atoms with van der Waals surface area (Å²) in [6.45, 7) is 1.82. The number of aliphatic hydroxyl groups is 1. The van der Waals surface area contributed by atoms with Crippen molar-refractivity contribution in [1.82, 2.24) is 4.98 Å². The van der Waals surface area contributed by atoms with E-state index in [1.54, 1.807) is 0 Å². The van der Waals surface area contributed by atoms with Gasteiger partial charge in [0.15, 0.2) is 0 Å². The lowest BCUT2D eigenvalue weighted by Gasteiger charge is -2.30. The Hall–Kier alpha value is -0.360. The maximum absolute atomic E-state index is 9.37. The summed E-state index contributed by atoms with van der Waals surface area (Å²) in [7, 11) is 0. The minimum absolute atomic E-state index is 0.116. The van der Waals surface area contributed by atoms with Crippen LogP contribution in [0.25, 0.3) is 0 Å². The van der Waals surface area contributed by atoms with Gasteiger partial charge >= 0.3 is 0 Å². The highest BCUT2D eigenvalue weighted by Gasteiger charge is 2.17. The van der Waals surface area contributed by atoms with Crippen molar-refractivity contribution in [3.8, 4) is 0 Å². The van der Waals surface area contributed by atoms with Crippen LogP contribution in [0.2, 0.25) is 0 Å². The Kier molecular flexibility index (Phi) is 3.22. The van der Waals surface area contributed by atoms with Crippen molar-refractivity contribution in [2.45, 2.75) is 18.9 Å². The molecule has 14 heavy (non-hydrogen) atoms. The van der Waals surface area contributed by atoms with E-state index in [2.05, 4.69) is 38.5 Å². The summed E-state index contributed by atoms with van der Waals surface area (Å²) in [6.07, 6.45) is 3.47. The van der Waals surface area contributed by atoms with Gasteiger partial charge in [-0.2, -0.15) is 0 Å². The first-order chi connectivity index (χ1) is 6.75. The molecule has 3 nitrogen and oxygen atoms in total. The van der Waals surface area contributed by atoms with Gasteiger partial charge in [0, 0.05) is 22.9 Å². The van der Waals surface area contributed by atoms with Crippen LogP contribution in [0.5, 0.6) is 0 Å². The molecule has 1 aromatic rings. The molecule has 76 valence electrons. The van der Waals surface area contributed by atoms with Crippen LogP contribution in [0.15, 0.2) is 18.3 Å². The Bertz CT molecular complexity index is 293. The van der Waals surface area contributed by atoms with E-state index >= 15 is 0 Å². The van der Waals surface area contributed by atoms with Crippen LogP contribution < -0.4 is 4.90 Å². The molecule has 1 fully saturated rings. The number of aliphatic hydroxyl groups excluding tert-OH is 1. The largest absolute Gasteiger partial charge is 0.393 e. The summed E-state index contributed by atoms with van der Waals surface area (Å²) in [6, 6.07) is 4.10. The van der Waals surface area contributed by atoms with Gasteiger partial charge in [-0.05, 0) is 47.6 Å². The Labute approximate surface area is 97.3 Å². The second-order valence-corrected chi connectivity index (χ2v) is 4.80. The van der Waals surface area contributed by atoms with Gasteiger partial charge in [-0.3, -0.25) is 0 Å². The summed E-state index contributed by atoms with van der Waals surface area (Å²) in [5, 5.41) is 9.37. The minimum atomic E-state index is -0.116. The molecule has 2 rings (SSSR count). The molecule has 0 aliphatic carbocycles. The molecular weight excluding hydrogens is 291 g/mol. The molecule has 0 amide bonds. The molecule has 0 spiro atoms. The lowest BCUT2D eigenvalue weighted by Crippen LogP contribution is -2.36. The Morgan fingerprint density at radius 2 is 2.07 bits per heavy atom.